The van der Waals surface area contributed by atoms with Crippen molar-refractivity contribution in [2.24, 2.45) is 17.8 Å². The van der Waals surface area contributed by atoms with E-state index in [-0.39, 0.29) is 59.9 Å². The number of benzene rings is 1. The lowest BCUT2D eigenvalue weighted by atomic mass is 9.92. The molecular formula is C41H63N5O7S. The SMILES string of the molecule is CCCN(C(=O)[C@@H](NC(=O)[C@H]1CCCCN1C)[C@@H](C)CC)[C@H](C[C@@H](OC(C)=O)c1nc(C(=O)N[C@@H](Cc2ccccc2)C[C@H](C)C(=O)OC)cs1)C(C)C. The maximum Gasteiger partial charge on any atom is 0.308 e. The van der Waals surface area contributed by atoms with Gasteiger partial charge in [0.25, 0.3) is 5.91 Å². The van der Waals surface area contributed by atoms with Gasteiger partial charge < -0.3 is 25.0 Å². The molecule has 54 heavy (non-hydrogen) atoms. The summed E-state index contributed by atoms with van der Waals surface area (Å²) in [7, 11) is 3.30. The van der Waals surface area contributed by atoms with Gasteiger partial charge in [-0.25, -0.2) is 4.98 Å². The Morgan fingerprint density at radius 1 is 1.02 bits per heavy atom. The Hall–Kier alpha value is -3.84. The lowest BCUT2D eigenvalue weighted by Crippen LogP contribution is -2.58. The normalized spacial score (nSPS) is 18.1. The zero-order valence-corrected chi connectivity index (χ0v) is 34.6. The zero-order valence-electron chi connectivity index (χ0n) is 33.8. The van der Waals surface area contributed by atoms with Crippen molar-refractivity contribution in [1.29, 1.82) is 0 Å². The number of piperidine rings is 1. The summed E-state index contributed by atoms with van der Waals surface area (Å²) in [5.41, 5.74) is 1.18. The lowest BCUT2D eigenvalue weighted by Gasteiger charge is -2.40. The number of nitrogens with zero attached hydrogens (tertiary/aromatic N) is 3. The third-order valence-corrected chi connectivity index (χ3v) is 11.4. The molecule has 1 aromatic heterocycles. The van der Waals surface area contributed by atoms with E-state index in [9.17, 15) is 24.0 Å². The summed E-state index contributed by atoms with van der Waals surface area (Å²) in [6.45, 7) is 14.5. The number of hydrogen-bond acceptors (Lipinski definition) is 10. The van der Waals surface area contributed by atoms with E-state index in [1.807, 2.05) is 76.9 Å². The molecular weight excluding hydrogens is 707 g/mol. The number of aromatic nitrogens is 1. The summed E-state index contributed by atoms with van der Waals surface area (Å²) in [4.78, 5) is 75.1. The fraction of sp³-hybridized carbons (Fsp3) is 0.659. The molecule has 2 aromatic rings. The van der Waals surface area contributed by atoms with Gasteiger partial charge in [0.15, 0.2) is 6.10 Å². The van der Waals surface area contributed by atoms with E-state index in [2.05, 4.69) is 20.5 Å². The van der Waals surface area contributed by atoms with Crippen LogP contribution in [0.5, 0.6) is 0 Å². The molecule has 0 unspecified atom stereocenters. The number of nitrogens with one attached hydrogen (secondary N) is 2. The first-order valence-corrected chi connectivity index (χ1v) is 20.4. The molecule has 3 rings (SSSR count). The molecule has 1 aliphatic heterocycles. The molecule has 1 saturated heterocycles. The zero-order chi connectivity index (χ0) is 39.9. The first-order valence-electron chi connectivity index (χ1n) is 19.6. The van der Waals surface area contributed by atoms with Crippen molar-refractivity contribution in [3.05, 3.63) is 52.0 Å². The Kier molecular flexibility index (Phi) is 18.1. The fourth-order valence-corrected chi connectivity index (χ4v) is 8.03. The number of likely N-dealkylation sites (N-methyl/N-ethyl adjacent to an activating group) is 1. The largest absolute Gasteiger partial charge is 0.469 e. The van der Waals surface area contributed by atoms with Crippen LogP contribution in [0.2, 0.25) is 0 Å². The van der Waals surface area contributed by atoms with Crippen LogP contribution in [-0.2, 0) is 35.1 Å². The quantitative estimate of drug-likeness (QED) is 0.156. The molecule has 1 aromatic carbocycles. The Morgan fingerprint density at radius 2 is 1.72 bits per heavy atom. The minimum atomic E-state index is -0.819. The summed E-state index contributed by atoms with van der Waals surface area (Å²) >= 11 is 1.22. The number of rotatable bonds is 20. The number of likely N-dealkylation sites (tertiary alicyclic amines) is 1. The summed E-state index contributed by atoms with van der Waals surface area (Å²) in [6.07, 6.45) is 4.50. The number of carbonyl (C=O) groups excluding carboxylic acids is 5. The van der Waals surface area contributed by atoms with Crippen LogP contribution < -0.4 is 10.6 Å². The van der Waals surface area contributed by atoms with Crippen molar-refractivity contribution >= 4 is 41.0 Å². The maximum absolute atomic E-state index is 14.6. The van der Waals surface area contributed by atoms with E-state index in [4.69, 9.17) is 9.47 Å². The van der Waals surface area contributed by atoms with Crippen LogP contribution in [0.25, 0.3) is 0 Å². The number of methoxy groups -OCH3 is 1. The molecule has 0 saturated carbocycles. The van der Waals surface area contributed by atoms with Gasteiger partial charge in [-0.1, -0.05) is 84.7 Å². The lowest BCUT2D eigenvalue weighted by molar-refractivity contribution is -0.150. The van der Waals surface area contributed by atoms with Crippen molar-refractivity contribution in [2.45, 2.75) is 130 Å². The highest BCUT2D eigenvalue weighted by atomic mass is 32.1. The van der Waals surface area contributed by atoms with E-state index in [0.29, 0.717) is 37.2 Å². The number of esters is 2. The molecule has 7 atom stereocenters. The fourth-order valence-electron chi connectivity index (χ4n) is 7.19. The van der Waals surface area contributed by atoms with Gasteiger partial charge in [-0.2, -0.15) is 0 Å². The van der Waals surface area contributed by atoms with Crippen molar-refractivity contribution in [1.82, 2.24) is 25.4 Å². The smallest absolute Gasteiger partial charge is 0.308 e. The maximum atomic E-state index is 14.6. The van der Waals surface area contributed by atoms with E-state index in [0.717, 1.165) is 31.4 Å². The van der Waals surface area contributed by atoms with Crippen LogP contribution >= 0.6 is 11.3 Å². The molecule has 13 heteroatoms. The van der Waals surface area contributed by atoms with Crippen molar-refractivity contribution in [3.8, 4) is 0 Å². The van der Waals surface area contributed by atoms with Gasteiger partial charge in [-0.3, -0.25) is 28.9 Å². The minimum Gasteiger partial charge on any atom is -0.469 e. The molecule has 1 aliphatic rings. The van der Waals surface area contributed by atoms with Gasteiger partial charge >= 0.3 is 11.9 Å². The predicted molar refractivity (Wildman–Crippen MR) is 211 cm³/mol. The first-order chi connectivity index (χ1) is 25.7. The predicted octanol–water partition coefficient (Wildman–Crippen LogP) is 5.96. The molecule has 0 bridgehead atoms. The topological polar surface area (TPSA) is 147 Å². The molecule has 0 aliphatic carbocycles. The minimum absolute atomic E-state index is 0.0328. The molecule has 3 amide bonds. The Bertz CT molecular complexity index is 1520. The Balaban J connectivity index is 1.87. The van der Waals surface area contributed by atoms with Gasteiger partial charge in [-0.05, 0) is 63.1 Å². The Morgan fingerprint density at radius 3 is 2.31 bits per heavy atom. The van der Waals surface area contributed by atoms with E-state index < -0.39 is 29.9 Å². The molecule has 2 heterocycles. The second-order valence-corrected chi connectivity index (χ2v) is 16.0. The van der Waals surface area contributed by atoms with E-state index in [1.54, 1.807) is 12.3 Å². The first kappa shape index (κ1) is 44.6. The summed E-state index contributed by atoms with van der Waals surface area (Å²) in [5.74, 6) is -2.11. The summed E-state index contributed by atoms with van der Waals surface area (Å²) in [6, 6.07) is 8.00. The number of thiazole rings is 1. The molecule has 300 valence electrons. The van der Waals surface area contributed by atoms with Gasteiger partial charge in [0, 0.05) is 37.4 Å². The van der Waals surface area contributed by atoms with Crippen LogP contribution in [0, 0.1) is 17.8 Å². The van der Waals surface area contributed by atoms with Gasteiger partial charge in [0.2, 0.25) is 11.8 Å². The average Bonchev–Trinajstić information content (AvgIpc) is 3.65. The van der Waals surface area contributed by atoms with Crippen LogP contribution in [0.3, 0.4) is 0 Å². The highest BCUT2D eigenvalue weighted by molar-refractivity contribution is 7.09. The number of ether oxygens (including phenoxy) is 2. The number of hydrogen-bond donors (Lipinski definition) is 2. The highest BCUT2D eigenvalue weighted by Crippen LogP contribution is 2.32. The second-order valence-electron chi connectivity index (χ2n) is 15.1. The summed E-state index contributed by atoms with van der Waals surface area (Å²) < 4.78 is 10.8. The molecule has 2 N–H and O–H groups in total. The number of carbonyl (C=O) groups is 5. The van der Waals surface area contributed by atoms with Crippen LogP contribution in [-0.4, -0.2) is 95.9 Å². The highest BCUT2D eigenvalue weighted by Gasteiger charge is 2.38. The van der Waals surface area contributed by atoms with Crippen molar-refractivity contribution in [2.75, 3.05) is 27.2 Å². The van der Waals surface area contributed by atoms with Crippen LogP contribution in [0.1, 0.15) is 121 Å². The van der Waals surface area contributed by atoms with E-state index in [1.165, 1.54) is 25.4 Å². The standard InChI is InChI=1S/C41H63N5O7S/c1-10-20-46(40(50)36(27(5)11-2)44-38(49)33-19-15-16-21-45(33)8)34(26(3)4)24-35(53-29(7)47)39-43-32(25-54-39)37(48)42-31(22-28(6)41(51)52-9)23-30-17-13-12-14-18-30/h12-14,17-18,25-28,31,33-36H,10-11,15-16,19-24H2,1-9H3,(H,42,48)(H,44,49)/t27-,28-,31+,33+,34+,35+,36-/m0/s1. The van der Waals surface area contributed by atoms with Crippen molar-refractivity contribution < 1.29 is 33.4 Å². The monoisotopic (exact) mass is 769 g/mol. The average molecular weight is 770 g/mol. The van der Waals surface area contributed by atoms with Crippen molar-refractivity contribution in [3.63, 3.8) is 0 Å². The Labute approximate surface area is 326 Å². The summed E-state index contributed by atoms with van der Waals surface area (Å²) in [5, 5.41) is 8.29. The third-order valence-electron chi connectivity index (χ3n) is 10.5. The van der Waals surface area contributed by atoms with Crippen LogP contribution in [0.4, 0.5) is 0 Å². The van der Waals surface area contributed by atoms with Gasteiger partial charge in [0.1, 0.15) is 16.7 Å². The van der Waals surface area contributed by atoms with E-state index >= 15 is 0 Å². The molecule has 1 fully saturated rings. The van der Waals surface area contributed by atoms with Gasteiger partial charge in [0.05, 0.1) is 19.1 Å². The second kappa shape index (κ2) is 21.9. The number of amides is 3. The molecule has 0 spiro atoms. The molecule has 0 radical (unpaired) electrons. The van der Waals surface area contributed by atoms with Gasteiger partial charge in [-0.15, -0.1) is 11.3 Å². The molecule has 12 nitrogen and oxygen atoms in total. The third kappa shape index (κ3) is 12.9. The van der Waals surface area contributed by atoms with Crippen LogP contribution in [0.15, 0.2) is 35.7 Å².